The van der Waals surface area contributed by atoms with Crippen molar-refractivity contribution < 1.29 is 8.78 Å². The van der Waals surface area contributed by atoms with E-state index in [2.05, 4.69) is 4.98 Å². The average molecular weight is 194 g/mol. The number of hydrogen-bond donors (Lipinski definition) is 1. The first-order valence-corrected chi connectivity index (χ1v) is 4.15. The van der Waals surface area contributed by atoms with E-state index in [1.807, 2.05) is 0 Å². The molecule has 2 rings (SSSR count). The number of hydrogen-bond acceptors (Lipinski definition) is 2. The van der Waals surface area contributed by atoms with Crippen molar-refractivity contribution in [2.45, 2.75) is 6.54 Å². The van der Waals surface area contributed by atoms with Gasteiger partial charge < -0.3 is 5.73 Å². The van der Waals surface area contributed by atoms with E-state index in [1.165, 1.54) is 12.3 Å². The molecule has 0 atom stereocenters. The van der Waals surface area contributed by atoms with Gasteiger partial charge in [0.2, 0.25) is 0 Å². The number of benzene rings is 1. The third-order valence-electron chi connectivity index (χ3n) is 2.07. The average Bonchev–Trinajstić information content (AvgIpc) is 2.17. The van der Waals surface area contributed by atoms with Crippen molar-refractivity contribution in [3.05, 3.63) is 41.6 Å². The number of rotatable bonds is 1. The molecule has 0 saturated heterocycles. The van der Waals surface area contributed by atoms with Gasteiger partial charge in [0.1, 0.15) is 11.3 Å². The standard InChI is InChI=1S/C10H8F2N2/c11-7-3-8-6(5-13)1-2-14-10(8)9(12)4-7/h1-4H,5,13H2. The van der Waals surface area contributed by atoms with Gasteiger partial charge in [-0.15, -0.1) is 0 Å². The quantitative estimate of drug-likeness (QED) is 0.753. The molecule has 4 heteroatoms. The minimum absolute atomic E-state index is 0.161. The van der Waals surface area contributed by atoms with Crippen molar-refractivity contribution in [2.24, 2.45) is 5.73 Å². The first kappa shape index (κ1) is 9.02. The molecule has 0 radical (unpaired) electrons. The van der Waals surface area contributed by atoms with Crippen molar-refractivity contribution >= 4 is 10.9 Å². The van der Waals surface area contributed by atoms with Gasteiger partial charge in [-0.3, -0.25) is 4.98 Å². The molecule has 0 unspecified atom stereocenters. The van der Waals surface area contributed by atoms with E-state index in [-0.39, 0.29) is 12.1 Å². The maximum atomic E-state index is 13.2. The number of nitrogens with two attached hydrogens (primary N) is 1. The van der Waals surface area contributed by atoms with Gasteiger partial charge in [0.15, 0.2) is 5.82 Å². The van der Waals surface area contributed by atoms with Crippen LogP contribution in [0.4, 0.5) is 8.78 Å². The minimum Gasteiger partial charge on any atom is -0.326 e. The van der Waals surface area contributed by atoms with Gasteiger partial charge in [-0.1, -0.05) is 0 Å². The van der Waals surface area contributed by atoms with Crippen LogP contribution in [0.3, 0.4) is 0 Å². The Morgan fingerprint density at radius 3 is 2.79 bits per heavy atom. The van der Waals surface area contributed by atoms with Crippen molar-refractivity contribution in [3.8, 4) is 0 Å². The highest BCUT2D eigenvalue weighted by Gasteiger charge is 2.07. The summed E-state index contributed by atoms with van der Waals surface area (Å²) >= 11 is 0. The second kappa shape index (κ2) is 3.31. The van der Waals surface area contributed by atoms with Crippen LogP contribution in [-0.4, -0.2) is 4.98 Å². The fraction of sp³-hybridized carbons (Fsp3) is 0.100. The lowest BCUT2D eigenvalue weighted by Crippen LogP contribution is -1.99. The molecule has 14 heavy (non-hydrogen) atoms. The van der Waals surface area contributed by atoms with Crippen molar-refractivity contribution in [1.29, 1.82) is 0 Å². The van der Waals surface area contributed by atoms with Gasteiger partial charge in [0, 0.05) is 24.2 Å². The predicted molar refractivity (Wildman–Crippen MR) is 49.6 cm³/mol. The molecule has 0 aliphatic carbocycles. The lowest BCUT2D eigenvalue weighted by atomic mass is 10.1. The second-order valence-electron chi connectivity index (χ2n) is 2.96. The first-order valence-electron chi connectivity index (χ1n) is 4.15. The van der Waals surface area contributed by atoms with E-state index >= 15 is 0 Å². The van der Waals surface area contributed by atoms with E-state index in [0.717, 1.165) is 6.07 Å². The highest BCUT2D eigenvalue weighted by molar-refractivity contribution is 5.82. The fourth-order valence-corrected chi connectivity index (χ4v) is 1.41. The third-order valence-corrected chi connectivity index (χ3v) is 2.07. The third kappa shape index (κ3) is 1.33. The number of aromatic nitrogens is 1. The fourth-order valence-electron chi connectivity index (χ4n) is 1.41. The van der Waals surface area contributed by atoms with E-state index in [4.69, 9.17) is 5.73 Å². The van der Waals surface area contributed by atoms with E-state index in [0.29, 0.717) is 10.9 Å². The zero-order valence-electron chi connectivity index (χ0n) is 7.30. The summed E-state index contributed by atoms with van der Waals surface area (Å²) in [7, 11) is 0. The van der Waals surface area contributed by atoms with E-state index < -0.39 is 11.6 Å². The van der Waals surface area contributed by atoms with Crippen molar-refractivity contribution in [1.82, 2.24) is 4.98 Å². The summed E-state index contributed by atoms with van der Waals surface area (Å²) in [5.41, 5.74) is 6.29. The van der Waals surface area contributed by atoms with Crippen molar-refractivity contribution in [2.75, 3.05) is 0 Å². The molecule has 0 spiro atoms. The van der Waals surface area contributed by atoms with Gasteiger partial charge in [0.05, 0.1) is 0 Å². The molecule has 0 amide bonds. The monoisotopic (exact) mass is 194 g/mol. The molecule has 0 aliphatic heterocycles. The van der Waals surface area contributed by atoms with Gasteiger partial charge >= 0.3 is 0 Å². The molecule has 2 aromatic rings. The van der Waals surface area contributed by atoms with Crippen LogP contribution < -0.4 is 5.73 Å². The molecule has 0 aliphatic rings. The highest BCUT2D eigenvalue weighted by Crippen LogP contribution is 2.20. The van der Waals surface area contributed by atoms with Crippen LogP contribution in [0, 0.1) is 11.6 Å². The van der Waals surface area contributed by atoms with Crippen LogP contribution in [0.5, 0.6) is 0 Å². The van der Waals surface area contributed by atoms with Gasteiger partial charge in [-0.05, 0) is 17.7 Å². The molecule has 1 aromatic heterocycles. The zero-order valence-corrected chi connectivity index (χ0v) is 7.30. The Hall–Kier alpha value is -1.55. The summed E-state index contributed by atoms with van der Waals surface area (Å²) in [6.07, 6.45) is 1.46. The molecule has 2 N–H and O–H groups in total. The van der Waals surface area contributed by atoms with Crippen molar-refractivity contribution in [3.63, 3.8) is 0 Å². The first-order chi connectivity index (χ1) is 6.72. The van der Waals surface area contributed by atoms with Crippen LogP contribution in [0.2, 0.25) is 0 Å². The SMILES string of the molecule is NCc1ccnc2c(F)cc(F)cc12. The summed E-state index contributed by atoms with van der Waals surface area (Å²) in [6, 6.07) is 3.71. The Morgan fingerprint density at radius 2 is 2.07 bits per heavy atom. The Balaban J connectivity index is 2.86. The summed E-state index contributed by atoms with van der Waals surface area (Å²) < 4.78 is 26.1. The predicted octanol–water partition coefficient (Wildman–Crippen LogP) is 1.97. The summed E-state index contributed by atoms with van der Waals surface area (Å²) in [5, 5.41) is 0.438. The number of fused-ring (bicyclic) bond motifs is 1. The number of halogens is 2. The highest BCUT2D eigenvalue weighted by atomic mass is 19.1. The van der Waals surface area contributed by atoms with Crippen LogP contribution in [0.1, 0.15) is 5.56 Å². The smallest absolute Gasteiger partial charge is 0.152 e. The summed E-state index contributed by atoms with van der Waals surface area (Å²) in [5.74, 6) is -1.27. The summed E-state index contributed by atoms with van der Waals surface area (Å²) in [6.45, 7) is 0.238. The normalized spacial score (nSPS) is 10.8. The van der Waals surface area contributed by atoms with Crippen LogP contribution in [-0.2, 0) is 6.54 Å². The van der Waals surface area contributed by atoms with Gasteiger partial charge in [-0.2, -0.15) is 0 Å². The Kier molecular flexibility index (Phi) is 2.13. The molecule has 72 valence electrons. The maximum Gasteiger partial charge on any atom is 0.152 e. The Bertz CT molecular complexity index is 483. The Morgan fingerprint density at radius 1 is 1.29 bits per heavy atom. The van der Waals surface area contributed by atoms with E-state index in [1.54, 1.807) is 6.07 Å². The lowest BCUT2D eigenvalue weighted by Gasteiger charge is -2.03. The van der Waals surface area contributed by atoms with Crippen LogP contribution >= 0.6 is 0 Å². The number of nitrogens with zero attached hydrogens (tertiary/aromatic N) is 1. The molecule has 0 bridgehead atoms. The molecular weight excluding hydrogens is 186 g/mol. The van der Waals surface area contributed by atoms with Gasteiger partial charge in [-0.25, -0.2) is 8.78 Å². The minimum atomic E-state index is -0.657. The van der Waals surface area contributed by atoms with Gasteiger partial charge in [0.25, 0.3) is 0 Å². The van der Waals surface area contributed by atoms with Crippen LogP contribution in [0.25, 0.3) is 10.9 Å². The Labute approximate surface area is 79.4 Å². The molecule has 1 aromatic carbocycles. The lowest BCUT2D eigenvalue weighted by molar-refractivity contribution is 0.590. The molecule has 0 saturated carbocycles. The topological polar surface area (TPSA) is 38.9 Å². The molecule has 0 fully saturated rings. The zero-order chi connectivity index (χ0) is 10.1. The van der Waals surface area contributed by atoms with E-state index in [9.17, 15) is 8.78 Å². The maximum absolute atomic E-state index is 13.2. The molecule has 2 nitrogen and oxygen atoms in total. The molecule has 1 heterocycles. The largest absolute Gasteiger partial charge is 0.326 e. The summed E-state index contributed by atoms with van der Waals surface area (Å²) in [4.78, 5) is 3.83. The van der Waals surface area contributed by atoms with Crippen LogP contribution in [0.15, 0.2) is 24.4 Å². The second-order valence-corrected chi connectivity index (χ2v) is 2.96. The number of pyridine rings is 1. The molecular formula is C10H8F2N2.